The number of hydrogen-bond donors (Lipinski definition) is 2. The van der Waals surface area contributed by atoms with Gasteiger partial charge in [0.2, 0.25) is 11.8 Å². The molecule has 1 heterocycles. The van der Waals surface area contributed by atoms with Crippen molar-refractivity contribution in [3.8, 4) is 0 Å². The highest BCUT2D eigenvalue weighted by molar-refractivity contribution is 5.77. The van der Waals surface area contributed by atoms with Crippen LogP contribution < -0.4 is 10.6 Å². The lowest BCUT2D eigenvalue weighted by Crippen LogP contribution is -2.47. The van der Waals surface area contributed by atoms with E-state index in [0.29, 0.717) is 31.2 Å². The van der Waals surface area contributed by atoms with E-state index in [2.05, 4.69) is 20.8 Å². The van der Waals surface area contributed by atoms with Gasteiger partial charge in [0.25, 0.3) is 0 Å². The Morgan fingerprint density at radius 1 is 1.26 bits per heavy atom. The number of hydrogen-bond acceptors (Lipinski definition) is 6. The zero-order valence-corrected chi connectivity index (χ0v) is 14.5. The van der Waals surface area contributed by atoms with Crippen molar-refractivity contribution >= 4 is 5.91 Å². The van der Waals surface area contributed by atoms with Crippen molar-refractivity contribution in [2.45, 2.75) is 57.0 Å². The Kier molecular flexibility index (Phi) is 6.53. The van der Waals surface area contributed by atoms with Gasteiger partial charge in [0.05, 0.1) is 6.54 Å². The molecule has 0 aromatic carbocycles. The highest BCUT2D eigenvalue weighted by Crippen LogP contribution is 2.34. The molecular weight excluding hydrogens is 294 g/mol. The Labute approximate surface area is 138 Å². The second-order valence-corrected chi connectivity index (χ2v) is 6.65. The van der Waals surface area contributed by atoms with Crippen LogP contribution in [0.25, 0.3) is 0 Å². The number of aromatic nitrogens is 2. The van der Waals surface area contributed by atoms with Crippen molar-refractivity contribution in [3.63, 3.8) is 0 Å². The minimum Gasteiger partial charge on any atom is -0.343 e. The average molecular weight is 323 g/mol. The molecule has 0 bridgehead atoms. The molecule has 2 N–H and O–H groups in total. The van der Waals surface area contributed by atoms with E-state index in [1.54, 1.807) is 0 Å². The van der Waals surface area contributed by atoms with Crippen LogP contribution in [-0.4, -0.2) is 48.6 Å². The lowest BCUT2D eigenvalue weighted by molar-refractivity contribution is -0.123. The third-order valence-corrected chi connectivity index (χ3v) is 4.29. The monoisotopic (exact) mass is 323 g/mol. The number of amides is 1. The lowest BCUT2D eigenvalue weighted by Gasteiger charge is -2.30. The summed E-state index contributed by atoms with van der Waals surface area (Å²) < 4.78 is 5.39. The molecule has 130 valence electrons. The van der Waals surface area contributed by atoms with E-state index < -0.39 is 5.54 Å². The summed E-state index contributed by atoms with van der Waals surface area (Å²) in [6, 6.07) is 0. The highest BCUT2D eigenvalue weighted by atomic mass is 16.5. The summed E-state index contributed by atoms with van der Waals surface area (Å²) in [6.07, 6.45) is 6.74. The first-order valence-electron chi connectivity index (χ1n) is 8.49. The summed E-state index contributed by atoms with van der Waals surface area (Å²) in [6.45, 7) is 1.27. The summed E-state index contributed by atoms with van der Waals surface area (Å²) in [5, 5.41) is 10.4. The standard InChI is InChI=1S/C16H29N5O2/c1-17-11-8-13(22)19-16(9-6-4-5-7-10-16)15-18-14(23-20-15)12-21(2)3/h17H,4-12H2,1-3H3,(H,19,22). The molecule has 0 spiro atoms. The number of carbonyl (C=O) groups excluding carboxylic acids is 1. The van der Waals surface area contributed by atoms with Crippen molar-refractivity contribution < 1.29 is 9.32 Å². The van der Waals surface area contributed by atoms with Crippen LogP contribution in [0.4, 0.5) is 0 Å². The van der Waals surface area contributed by atoms with Gasteiger partial charge in [-0.3, -0.25) is 4.79 Å². The minimum atomic E-state index is -0.477. The molecule has 0 radical (unpaired) electrons. The van der Waals surface area contributed by atoms with Crippen LogP contribution in [0.3, 0.4) is 0 Å². The van der Waals surface area contributed by atoms with Crippen molar-refractivity contribution in [2.75, 3.05) is 27.7 Å². The lowest BCUT2D eigenvalue weighted by atomic mass is 9.89. The van der Waals surface area contributed by atoms with E-state index in [0.717, 1.165) is 25.7 Å². The summed E-state index contributed by atoms with van der Waals surface area (Å²) in [5.74, 6) is 1.27. The first kappa shape index (κ1) is 17.9. The van der Waals surface area contributed by atoms with E-state index in [1.807, 2.05) is 26.0 Å². The van der Waals surface area contributed by atoms with E-state index in [9.17, 15) is 4.79 Å². The van der Waals surface area contributed by atoms with E-state index in [1.165, 1.54) is 12.8 Å². The maximum Gasteiger partial charge on any atom is 0.240 e. The zero-order valence-electron chi connectivity index (χ0n) is 14.5. The van der Waals surface area contributed by atoms with E-state index in [4.69, 9.17) is 4.52 Å². The van der Waals surface area contributed by atoms with E-state index in [-0.39, 0.29) is 5.91 Å². The Morgan fingerprint density at radius 3 is 2.57 bits per heavy atom. The molecule has 0 aliphatic heterocycles. The van der Waals surface area contributed by atoms with Crippen molar-refractivity contribution in [2.24, 2.45) is 0 Å². The summed E-state index contributed by atoms with van der Waals surface area (Å²) in [5.41, 5.74) is -0.477. The predicted molar refractivity (Wildman–Crippen MR) is 87.8 cm³/mol. The molecule has 23 heavy (non-hydrogen) atoms. The number of nitrogens with zero attached hydrogens (tertiary/aromatic N) is 3. The molecular formula is C16H29N5O2. The van der Waals surface area contributed by atoms with Crippen molar-refractivity contribution in [1.82, 2.24) is 25.7 Å². The largest absolute Gasteiger partial charge is 0.343 e. The maximum absolute atomic E-state index is 12.3. The van der Waals surface area contributed by atoms with Crippen LogP contribution >= 0.6 is 0 Å². The third kappa shape index (κ3) is 5.00. The molecule has 1 fully saturated rings. The molecule has 1 aliphatic carbocycles. The van der Waals surface area contributed by atoms with Crippen LogP contribution in [0.5, 0.6) is 0 Å². The number of rotatable bonds is 7. The van der Waals surface area contributed by atoms with E-state index >= 15 is 0 Å². The minimum absolute atomic E-state index is 0.0419. The number of carbonyl (C=O) groups is 1. The SMILES string of the molecule is CNCCC(=O)NC1(c2noc(CN(C)C)n2)CCCCCC1. The first-order valence-corrected chi connectivity index (χ1v) is 8.49. The quantitative estimate of drug-likeness (QED) is 0.738. The summed E-state index contributed by atoms with van der Waals surface area (Å²) >= 11 is 0. The van der Waals surface area contributed by atoms with Gasteiger partial charge in [0, 0.05) is 13.0 Å². The van der Waals surface area contributed by atoms with Gasteiger partial charge < -0.3 is 20.1 Å². The van der Waals surface area contributed by atoms with Crippen molar-refractivity contribution in [3.05, 3.63) is 11.7 Å². The molecule has 0 saturated heterocycles. The molecule has 1 aliphatic rings. The Balaban J connectivity index is 2.18. The molecule has 7 nitrogen and oxygen atoms in total. The van der Waals surface area contributed by atoms with Gasteiger partial charge in [-0.15, -0.1) is 0 Å². The third-order valence-electron chi connectivity index (χ3n) is 4.29. The molecule has 1 aromatic heterocycles. The molecule has 7 heteroatoms. The average Bonchev–Trinajstić information content (AvgIpc) is 2.84. The number of nitrogens with one attached hydrogen (secondary N) is 2. The van der Waals surface area contributed by atoms with Gasteiger partial charge in [0.1, 0.15) is 5.54 Å². The highest BCUT2D eigenvalue weighted by Gasteiger charge is 2.38. The fraction of sp³-hybridized carbons (Fsp3) is 0.812. The maximum atomic E-state index is 12.3. The van der Waals surface area contributed by atoms with Gasteiger partial charge in [-0.2, -0.15) is 4.98 Å². The van der Waals surface area contributed by atoms with Gasteiger partial charge in [0.15, 0.2) is 5.82 Å². The Bertz CT molecular complexity index is 492. The molecule has 2 rings (SSSR count). The fourth-order valence-electron chi connectivity index (χ4n) is 3.09. The first-order chi connectivity index (χ1) is 11.1. The topological polar surface area (TPSA) is 83.3 Å². The second kappa shape index (κ2) is 8.40. The molecule has 0 atom stereocenters. The zero-order chi connectivity index (χ0) is 16.7. The summed E-state index contributed by atoms with van der Waals surface area (Å²) in [4.78, 5) is 18.9. The van der Waals surface area contributed by atoms with Crippen LogP contribution in [0, 0.1) is 0 Å². The van der Waals surface area contributed by atoms with Crippen molar-refractivity contribution in [1.29, 1.82) is 0 Å². The van der Waals surface area contributed by atoms with Crippen LogP contribution in [0.1, 0.15) is 56.7 Å². The Morgan fingerprint density at radius 2 is 1.96 bits per heavy atom. The van der Waals surface area contributed by atoms with Gasteiger partial charge in [-0.1, -0.05) is 30.8 Å². The predicted octanol–water partition coefficient (Wildman–Crippen LogP) is 1.41. The summed E-state index contributed by atoms with van der Waals surface area (Å²) in [7, 11) is 5.77. The molecule has 1 aromatic rings. The fourth-order valence-corrected chi connectivity index (χ4v) is 3.09. The molecule has 1 saturated carbocycles. The Hall–Kier alpha value is -1.47. The van der Waals surface area contributed by atoms with Gasteiger partial charge in [-0.05, 0) is 34.0 Å². The van der Waals surface area contributed by atoms with Crippen LogP contribution in [0.2, 0.25) is 0 Å². The van der Waals surface area contributed by atoms with Gasteiger partial charge in [-0.25, -0.2) is 0 Å². The van der Waals surface area contributed by atoms with Crippen LogP contribution in [-0.2, 0) is 16.9 Å². The van der Waals surface area contributed by atoms with Crippen LogP contribution in [0.15, 0.2) is 4.52 Å². The molecule has 0 unspecified atom stereocenters. The van der Waals surface area contributed by atoms with Gasteiger partial charge >= 0.3 is 0 Å². The molecule has 1 amide bonds. The smallest absolute Gasteiger partial charge is 0.240 e. The second-order valence-electron chi connectivity index (χ2n) is 6.65. The normalized spacial score (nSPS) is 17.9.